The number of hydrogen-bond acceptors (Lipinski definition) is 4. The molecule has 1 aliphatic heterocycles. The van der Waals surface area contributed by atoms with Gasteiger partial charge in [0.25, 0.3) is 0 Å². The summed E-state index contributed by atoms with van der Waals surface area (Å²) < 4.78 is 5.42. The van der Waals surface area contributed by atoms with Gasteiger partial charge in [0.1, 0.15) is 0 Å². The molecule has 0 amide bonds. The van der Waals surface area contributed by atoms with Crippen LogP contribution in [0.5, 0.6) is 0 Å². The minimum Gasteiger partial charge on any atom is -0.381 e. The van der Waals surface area contributed by atoms with Crippen molar-refractivity contribution < 1.29 is 4.74 Å². The molecule has 1 fully saturated rings. The molecule has 5 heteroatoms. The fourth-order valence-electron chi connectivity index (χ4n) is 1.75. The number of nitriles is 1. The molecule has 0 aromatic rings. The van der Waals surface area contributed by atoms with E-state index in [1.165, 1.54) is 18.2 Å². The van der Waals surface area contributed by atoms with Crippen LogP contribution < -0.4 is 0 Å². The Balaban J connectivity index is 2.42. The van der Waals surface area contributed by atoms with Crippen molar-refractivity contribution in [2.75, 3.05) is 33.1 Å². The van der Waals surface area contributed by atoms with Gasteiger partial charge in [0, 0.05) is 20.2 Å². The summed E-state index contributed by atoms with van der Waals surface area (Å²) in [6, 6.07) is 0. The van der Waals surface area contributed by atoms with Crippen LogP contribution in [0.25, 0.3) is 0 Å². The summed E-state index contributed by atoms with van der Waals surface area (Å²) >= 11 is 1.50. The van der Waals surface area contributed by atoms with E-state index in [4.69, 9.17) is 10.00 Å². The topological polar surface area (TPSA) is 48.6 Å². The van der Waals surface area contributed by atoms with Gasteiger partial charge >= 0.3 is 0 Å². The summed E-state index contributed by atoms with van der Waals surface area (Å²) in [5.74, 6) is 0.569. The van der Waals surface area contributed by atoms with Crippen LogP contribution in [0.1, 0.15) is 12.8 Å². The van der Waals surface area contributed by atoms with Crippen molar-refractivity contribution >= 4 is 16.9 Å². The zero-order valence-corrected chi connectivity index (χ0v) is 10.1. The van der Waals surface area contributed by atoms with E-state index in [1.54, 1.807) is 0 Å². The van der Waals surface area contributed by atoms with Crippen molar-refractivity contribution in [1.82, 2.24) is 4.90 Å². The van der Waals surface area contributed by atoms with Gasteiger partial charge < -0.3 is 9.64 Å². The average Bonchev–Trinajstić information content (AvgIpc) is 2.27. The molecular weight excluding hydrogens is 210 g/mol. The van der Waals surface area contributed by atoms with Crippen LogP contribution in [-0.4, -0.2) is 43.1 Å². The fraction of sp³-hybridized carbons (Fsp3) is 0.800. The first-order valence-electron chi connectivity index (χ1n) is 5.07. The molecule has 0 spiro atoms. The van der Waals surface area contributed by atoms with Crippen LogP contribution in [0.3, 0.4) is 0 Å². The van der Waals surface area contributed by atoms with Crippen LogP contribution in [0.15, 0.2) is 4.99 Å². The summed E-state index contributed by atoms with van der Waals surface area (Å²) in [4.78, 5) is 5.81. The van der Waals surface area contributed by atoms with E-state index in [0.717, 1.165) is 31.3 Å². The summed E-state index contributed by atoms with van der Waals surface area (Å²) in [5, 5.41) is 9.30. The Kier molecular flexibility index (Phi) is 5.51. The summed E-state index contributed by atoms with van der Waals surface area (Å²) in [7, 11) is 1.97. The zero-order valence-electron chi connectivity index (χ0n) is 9.27. The first-order chi connectivity index (χ1) is 7.27. The maximum absolute atomic E-state index is 8.52. The predicted octanol–water partition coefficient (Wildman–Crippen LogP) is 1.54. The van der Waals surface area contributed by atoms with Crippen molar-refractivity contribution in [2.45, 2.75) is 12.8 Å². The number of nitrogens with zero attached hydrogens (tertiary/aromatic N) is 3. The predicted molar refractivity (Wildman–Crippen MR) is 62.7 cm³/mol. The molecule has 4 nitrogen and oxygen atoms in total. The second kappa shape index (κ2) is 6.70. The minimum absolute atomic E-state index is 0.569. The van der Waals surface area contributed by atoms with Crippen LogP contribution >= 0.6 is 11.8 Å². The summed E-state index contributed by atoms with van der Waals surface area (Å²) in [6.07, 6.45) is 6.11. The molecule has 0 aliphatic carbocycles. The van der Waals surface area contributed by atoms with Gasteiger partial charge in [-0.1, -0.05) is 11.8 Å². The van der Waals surface area contributed by atoms with Crippen LogP contribution in [0.2, 0.25) is 0 Å². The lowest BCUT2D eigenvalue weighted by Gasteiger charge is -2.27. The molecule has 1 aliphatic rings. The molecule has 15 heavy (non-hydrogen) atoms. The lowest BCUT2D eigenvalue weighted by Crippen LogP contribution is -2.33. The van der Waals surface area contributed by atoms with Gasteiger partial charge in [-0.25, -0.2) is 0 Å². The maximum atomic E-state index is 8.52. The third-order valence-corrected chi connectivity index (χ3v) is 3.21. The van der Waals surface area contributed by atoms with E-state index in [-0.39, 0.29) is 0 Å². The largest absolute Gasteiger partial charge is 0.381 e. The molecule has 84 valence electrons. The molecular formula is C10H17N3OS. The van der Waals surface area contributed by atoms with Crippen molar-refractivity contribution in [3.63, 3.8) is 0 Å². The molecule has 0 N–H and O–H groups in total. The van der Waals surface area contributed by atoms with Crippen molar-refractivity contribution in [1.29, 1.82) is 5.26 Å². The summed E-state index contributed by atoms with van der Waals surface area (Å²) in [5.41, 5.74) is 0. The number of aliphatic imine (C=N–C) groups is 1. The monoisotopic (exact) mass is 227 g/mol. The molecule has 1 heterocycles. The van der Waals surface area contributed by atoms with E-state index >= 15 is 0 Å². The fourth-order valence-corrected chi connectivity index (χ4v) is 2.26. The maximum Gasteiger partial charge on any atom is 0.208 e. The second-order valence-electron chi connectivity index (χ2n) is 3.66. The van der Waals surface area contributed by atoms with Gasteiger partial charge in [0.15, 0.2) is 5.17 Å². The third kappa shape index (κ3) is 4.10. The molecule has 0 aromatic heterocycles. The molecule has 1 rings (SSSR count). The molecule has 0 aromatic carbocycles. The van der Waals surface area contributed by atoms with Crippen molar-refractivity contribution in [3.05, 3.63) is 0 Å². The highest BCUT2D eigenvalue weighted by Crippen LogP contribution is 2.16. The summed E-state index contributed by atoms with van der Waals surface area (Å²) in [6.45, 7) is 2.64. The van der Waals surface area contributed by atoms with Crippen molar-refractivity contribution in [3.8, 4) is 6.19 Å². The number of amidine groups is 1. The smallest absolute Gasteiger partial charge is 0.208 e. The lowest BCUT2D eigenvalue weighted by molar-refractivity contribution is 0.0488. The molecule has 0 saturated carbocycles. The number of thioether (sulfide) groups is 1. The highest BCUT2D eigenvalue weighted by atomic mass is 32.2. The van der Waals surface area contributed by atoms with Crippen LogP contribution in [-0.2, 0) is 4.74 Å². The molecule has 0 bridgehead atoms. The normalized spacial score (nSPS) is 22.2. The van der Waals surface area contributed by atoms with E-state index in [2.05, 4.69) is 4.99 Å². The minimum atomic E-state index is 0.569. The Morgan fingerprint density at radius 1 is 1.73 bits per heavy atom. The van der Waals surface area contributed by atoms with E-state index < -0.39 is 0 Å². The van der Waals surface area contributed by atoms with Crippen LogP contribution in [0, 0.1) is 17.4 Å². The zero-order chi connectivity index (χ0) is 11.1. The second-order valence-corrected chi connectivity index (χ2v) is 4.44. The van der Waals surface area contributed by atoms with Gasteiger partial charge in [-0.05, 0) is 25.0 Å². The van der Waals surface area contributed by atoms with E-state index in [9.17, 15) is 0 Å². The quantitative estimate of drug-likeness (QED) is 0.408. The first kappa shape index (κ1) is 12.3. The molecule has 0 radical (unpaired) electrons. The van der Waals surface area contributed by atoms with E-state index in [0.29, 0.717) is 5.92 Å². The van der Waals surface area contributed by atoms with Gasteiger partial charge in [0.2, 0.25) is 6.19 Å². The van der Waals surface area contributed by atoms with Crippen LogP contribution in [0.4, 0.5) is 0 Å². The van der Waals surface area contributed by atoms with Gasteiger partial charge in [-0.15, -0.1) is 4.99 Å². The average molecular weight is 227 g/mol. The Morgan fingerprint density at radius 3 is 3.07 bits per heavy atom. The molecule has 1 atom stereocenters. The number of hydrogen-bond donors (Lipinski definition) is 0. The first-order valence-corrected chi connectivity index (χ1v) is 6.30. The van der Waals surface area contributed by atoms with Gasteiger partial charge in [-0.2, -0.15) is 5.26 Å². The lowest BCUT2D eigenvalue weighted by atomic mass is 10.0. The Bertz CT molecular complexity index is 256. The SMILES string of the molecule is CSC(=NC#N)N(C)CC1CCCOC1. The Morgan fingerprint density at radius 2 is 2.53 bits per heavy atom. The van der Waals surface area contributed by atoms with Gasteiger partial charge in [0.05, 0.1) is 6.61 Å². The third-order valence-electron chi connectivity index (χ3n) is 2.44. The Labute approximate surface area is 95.3 Å². The standard InChI is InChI=1S/C10H17N3OS/c1-13(10(15-2)12-8-11)6-9-4-3-5-14-7-9/h9H,3-7H2,1-2H3. The molecule has 1 saturated heterocycles. The number of rotatable bonds is 2. The molecule has 1 unspecified atom stereocenters. The van der Waals surface area contributed by atoms with E-state index in [1.807, 2.05) is 24.4 Å². The highest BCUT2D eigenvalue weighted by Gasteiger charge is 2.17. The number of ether oxygens (including phenoxy) is 1. The van der Waals surface area contributed by atoms with Gasteiger partial charge in [-0.3, -0.25) is 0 Å². The van der Waals surface area contributed by atoms with Crippen molar-refractivity contribution in [2.24, 2.45) is 10.9 Å². The highest BCUT2D eigenvalue weighted by molar-refractivity contribution is 8.13. The Hall–Kier alpha value is -0.730.